The van der Waals surface area contributed by atoms with Crippen molar-refractivity contribution in [1.82, 2.24) is 0 Å². The zero-order valence-electron chi connectivity index (χ0n) is 18.1. The lowest BCUT2D eigenvalue weighted by molar-refractivity contribution is -0.384. The Morgan fingerprint density at radius 1 is 1.00 bits per heavy atom. The maximum atomic E-state index is 12.8. The first-order valence-corrected chi connectivity index (χ1v) is 11.4. The Bertz CT molecular complexity index is 1400. The maximum absolute atomic E-state index is 12.8. The van der Waals surface area contributed by atoms with E-state index >= 15 is 0 Å². The highest BCUT2D eigenvalue weighted by atomic mass is 32.2. The van der Waals surface area contributed by atoms with E-state index in [2.05, 4.69) is 5.32 Å². The Morgan fingerprint density at radius 3 is 2.06 bits per heavy atom. The minimum Gasteiger partial charge on any atom is -0.478 e. The normalized spacial score (nSPS) is 10.5. The summed E-state index contributed by atoms with van der Waals surface area (Å²) < 4.78 is 25.9. The average molecular weight is 500 g/mol. The lowest BCUT2D eigenvalue weighted by Crippen LogP contribution is -2.14. The number of aromatic carboxylic acids is 1. The topological polar surface area (TPSA) is 214 Å². The van der Waals surface area contributed by atoms with Crippen LogP contribution in [0.5, 0.6) is 0 Å². The molecule has 3 aromatic carbocycles. The summed E-state index contributed by atoms with van der Waals surface area (Å²) in [6.07, 6.45) is 0.715. The monoisotopic (exact) mass is 500 g/mol. The van der Waals surface area contributed by atoms with Gasteiger partial charge in [0.15, 0.2) is 0 Å². The van der Waals surface area contributed by atoms with Gasteiger partial charge in [-0.25, -0.2) is 4.79 Å². The second kappa shape index (κ2) is 11.0. The Balaban J connectivity index is 0.000000784. The van der Waals surface area contributed by atoms with Crippen LogP contribution in [0.25, 0.3) is 11.1 Å². The molecule has 0 saturated carbocycles. The summed E-state index contributed by atoms with van der Waals surface area (Å²) in [5.41, 5.74) is 6.45. The fourth-order valence-corrected chi connectivity index (χ4v) is 2.91. The summed E-state index contributed by atoms with van der Waals surface area (Å²) in [6.45, 7) is 0. The van der Waals surface area contributed by atoms with E-state index in [1.807, 2.05) is 0 Å². The van der Waals surface area contributed by atoms with Crippen LogP contribution < -0.4 is 11.1 Å². The molecular formula is C22H20N4O8S. The molecule has 0 saturated heterocycles. The molecule has 13 heteroatoms. The molecule has 0 radical (unpaired) electrons. The molecule has 0 spiro atoms. The lowest BCUT2D eigenvalue weighted by atomic mass is 9.94. The lowest BCUT2D eigenvalue weighted by Gasteiger charge is -2.13. The second-order valence-electron chi connectivity index (χ2n) is 7.02. The quantitative estimate of drug-likeness (QED) is 0.110. The molecule has 0 fully saturated rings. The minimum absolute atomic E-state index is 0.0995. The number of nitrogen functional groups attached to an aromatic ring is 1. The van der Waals surface area contributed by atoms with Gasteiger partial charge < -0.3 is 16.2 Å². The third-order valence-corrected chi connectivity index (χ3v) is 4.36. The summed E-state index contributed by atoms with van der Waals surface area (Å²) in [5, 5.41) is 30.6. The van der Waals surface area contributed by atoms with Gasteiger partial charge in [0.2, 0.25) is 0 Å². The first-order valence-electron chi connectivity index (χ1n) is 9.57. The number of amidine groups is 1. The zero-order chi connectivity index (χ0) is 26.3. The van der Waals surface area contributed by atoms with Gasteiger partial charge in [0.25, 0.3) is 21.7 Å². The number of nitro groups is 1. The predicted molar refractivity (Wildman–Crippen MR) is 128 cm³/mol. The van der Waals surface area contributed by atoms with Gasteiger partial charge in [-0.15, -0.1) is 0 Å². The number of carboxylic acids is 1. The highest BCUT2D eigenvalue weighted by Crippen LogP contribution is 2.30. The smallest absolute Gasteiger partial charge is 0.336 e. The van der Waals surface area contributed by atoms with Gasteiger partial charge in [0.1, 0.15) is 5.84 Å². The van der Waals surface area contributed by atoms with Crippen molar-refractivity contribution in [3.63, 3.8) is 0 Å². The van der Waals surface area contributed by atoms with Crippen molar-refractivity contribution < 1.29 is 32.6 Å². The molecule has 0 bridgehead atoms. The van der Waals surface area contributed by atoms with Crippen LogP contribution in [0.3, 0.4) is 0 Å². The van der Waals surface area contributed by atoms with Gasteiger partial charge in [-0.05, 0) is 47.5 Å². The van der Waals surface area contributed by atoms with Crippen LogP contribution in [-0.2, 0) is 10.1 Å². The molecule has 3 aromatic rings. The van der Waals surface area contributed by atoms with Crippen LogP contribution in [0.1, 0.15) is 26.3 Å². The molecule has 3 rings (SSSR count). The van der Waals surface area contributed by atoms with Crippen molar-refractivity contribution in [2.24, 2.45) is 5.73 Å². The first kappa shape index (κ1) is 26.6. The SMILES string of the molecule is CS(=O)(=O)O.N=C(N)c1ccc(NC(=O)c2ccccc2-c2ccc([N+](=O)[O-])cc2C(=O)O)cc1. The number of rotatable bonds is 6. The van der Waals surface area contributed by atoms with E-state index in [1.54, 1.807) is 42.5 Å². The molecule has 0 atom stereocenters. The number of amides is 1. The summed E-state index contributed by atoms with van der Waals surface area (Å²) in [7, 11) is -3.67. The first-order chi connectivity index (χ1) is 16.3. The zero-order valence-corrected chi connectivity index (χ0v) is 18.9. The van der Waals surface area contributed by atoms with Crippen LogP contribution >= 0.6 is 0 Å². The van der Waals surface area contributed by atoms with E-state index < -0.39 is 26.9 Å². The van der Waals surface area contributed by atoms with Crippen molar-refractivity contribution >= 4 is 39.2 Å². The number of non-ortho nitro benzene ring substituents is 1. The Hall–Kier alpha value is -4.62. The number of benzene rings is 3. The van der Waals surface area contributed by atoms with Gasteiger partial charge in [-0.2, -0.15) is 8.42 Å². The molecule has 0 unspecified atom stereocenters. The molecule has 0 heterocycles. The Kier molecular flexibility index (Phi) is 8.37. The van der Waals surface area contributed by atoms with Crippen molar-refractivity contribution in [3.05, 3.63) is 93.5 Å². The molecule has 1 amide bonds. The molecule has 0 aliphatic heterocycles. The van der Waals surface area contributed by atoms with Gasteiger partial charge in [-0.3, -0.25) is 24.9 Å². The van der Waals surface area contributed by atoms with E-state index in [1.165, 1.54) is 18.2 Å². The van der Waals surface area contributed by atoms with E-state index in [9.17, 15) is 33.2 Å². The standard InChI is InChI=1S/C21H16N4O5.CH4O3S/c22-19(23)12-5-7-13(8-6-12)24-20(26)17-4-2-1-3-15(17)16-10-9-14(25(29)30)11-18(16)21(27)28;1-5(2,3)4/h1-11H,(H3,22,23)(H,24,26)(H,27,28);1H3,(H,2,3,4). The van der Waals surface area contributed by atoms with Crippen molar-refractivity contribution in [2.45, 2.75) is 0 Å². The number of carbonyl (C=O) groups excluding carboxylic acids is 1. The number of nitrogens with one attached hydrogen (secondary N) is 2. The number of hydrogen-bond donors (Lipinski definition) is 5. The number of carbonyl (C=O) groups is 2. The Morgan fingerprint density at radius 2 is 1.54 bits per heavy atom. The molecule has 0 aliphatic carbocycles. The van der Waals surface area contributed by atoms with Crippen LogP contribution in [0.4, 0.5) is 11.4 Å². The van der Waals surface area contributed by atoms with E-state index in [-0.39, 0.29) is 28.2 Å². The number of nitrogens with zero attached hydrogens (tertiary/aromatic N) is 1. The predicted octanol–water partition coefficient (Wildman–Crippen LogP) is 3.00. The van der Waals surface area contributed by atoms with Gasteiger partial charge in [-0.1, -0.05) is 18.2 Å². The highest BCUT2D eigenvalue weighted by Gasteiger charge is 2.21. The highest BCUT2D eigenvalue weighted by molar-refractivity contribution is 7.85. The van der Waals surface area contributed by atoms with Gasteiger partial charge >= 0.3 is 5.97 Å². The largest absolute Gasteiger partial charge is 0.478 e. The minimum atomic E-state index is -3.67. The third kappa shape index (κ3) is 7.73. The molecule has 0 aromatic heterocycles. The molecule has 35 heavy (non-hydrogen) atoms. The number of nitrogens with two attached hydrogens (primary N) is 1. The average Bonchev–Trinajstić information content (AvgIpc) is 2.77. The maximum Gasteiger partial charge on any atom is 0.336 e. The molecule has 182 valence electrons. The van der Waals surface area contributed by atoms with Gasteiger partial charge in [0.05, 0.1) is 16.7 Å². The summed E-state index contributed by atoms with van der Waals surface area (Å²) in [6, 6.07) is 16.2. The fraction of sp³-hybridized carbons (Fsp3) is 0.0455. The molecule has 12 nitrogen and oxygen atoms in total. The molecule has 6 N–H and O–H groups in total. The number of hydrogen-bond acceptors (Lipinski definition) is 7. The molecule has 0 aliphatic rings. The van der Waals surface area contributed by atoms with Crippen LogP contribution in [-0.4, -0.2) is 47.0 Å². The van der Waals surface area contributed by atoms with Crippen molar-refractivity contribution in [3.8, 4) is 11.1 Å². The van der Waals surface area contributed by atoms with E-state index in [0.29, 0.717) is 23.1 Å². The van der Waals surface area contributed by atoms with Crippen molar-refractivity contribution in [1.29, 1.82) is 5.41 Å². The summed E-state index contributed by atoms with van der Waals surface area (Å²) >= 11 is 0. The van der Waals surface area contributed by atoms with E-state index in [4.69, 9.17) is 15.7 Å². The summed E-state index contributed by atoms with van der Waals surface area (Å²) in [5.74, 6) is -1.93. The second-order valence-corrected chi connectivity index (χ2v) is 8.48. The van der Waals surface area contributed by atoms with Crippen molar-refractivity contribution in [2.75, 3.05) is 11.6 Å². The molecular weight excluding hydrogens is 480 g/mol. The van der Waals surface area contributed by atoms with Gasteiger partial charge in [0, 0.05) is 28.9 Å². The fourth-order valence-electron chi connectivity index (χ4n) is 2.91. The van der Waals surface area contributed by atoms with Crippen LogP contribution in [0, 0.1) is 15.5 Å². The number of anilines is 1. The summed E-state index contributed by atoms with van der Waals surface area (Å²) in [4.78, 5) is 34.8. The Labute approximate surface area is 199 Å². The van der Waals surface area contributed by atoms with Crippen LogP contribution in [0.15, 0.2) is 66.7 Å². The number of carboxylic acid groups (broad SMARTS) is 1. The third-order valence-electron chi connectivity index (χ3n) is 4.36. The van der Waals surface area contributed by atoms with Crippen LogP contribution in [0.2, 0.25) is 0 Å². The number of nitro benzene ring substituents is 1. The van der Waals surface area contributed by atoms with E-state index in [0.717, 1.165) is 6.07 Å².